The number of nitriles is 1. The van der Waals surface area contributed by atoms with Gasteiger partial charge in [0.25, 0.3) is 0 Å². The largest absolute Gasteiger partial charge is 0.465 e. The summed E-state index contributed by atoms with van der Waals surface area (Å²) < 4.78 is 30.1. The molecule has 3 rings (SSSR count). The highest BCUT2D eigenvalue weighted by atomic mass is 35.5. The van der Waals surface area contributed by atoms with E-state index in [1.54, 1.807) is 13.2 Å². The highest BCUT2D eigenvalue weighted by Crippen LogP contribution is 2.35. The maximum Gasteiger partial charge on any atom is 0.405 e. The fourth-order valence-corrected chi connectivity index (χ4v) is 5.47. The first-order valence-electron chi connectivity index (χ1n) is 8.27. The van der Waals surface area contributed by atoms with Crippen molar-refractivity contribution in [2.75, 3.05) is 7.11 Å². The third-order valence-corrected chi connectivity index (χ3v) is 7.55. The Morgan fingerprint density at radius 3 is 2.44 bits per heavy atom. The van der Waals surface area contributed by atoms with E-state index in [2.05, 4.69) is 5.32 Å². The predicted octanol–water partition coefficient (Wildman–Crippen LogP) is 3.64. The summed E-state index contributed by atoms with van der Waals surface area (Å²) in [5.41, 5.74) is -0.730. The van der Waals surface area contributed by atoms with E-state index in [0.29, 0.717) is 30.7 Å². The van der Waals surface area contributed by atoms with Gasteiger partial charge in [-0.1, -0.05) is 23.2 Å². The number of nitrogens with zero attached hydrogens (tertiary/aromatic N) is 1. The first-order valence-corrected chi connectivity index (χ1v) is 10.6. The molecule has 2 aliphatic rings. The van der Waals surface area contributed by atoms with Crippen LogP contribution in [0.3, 0.4) is 0 Å². The van der Waals surface area contributed by atoms with Gasteiger partial charge < -0.3 is 15.2 Å². The summed E-state index contributed by atoms with van der Waals surface area (Å²) >= 11 is 11.7. The standard InChI is InChI=1S/C12H14Cl2O3S.C5H6N2O2/c1-17-9-3-4-10(7-9)18(15,16)12-5-2-8(13)6-11(12)14;6-3-5(1-2-5)7-4(8)9/h2,5-6,9-10H,3-4,7H2,1H3;7H,1-2H2,(H,8,9)/t9-,10-;/m0./s1. The van der Waals surface area contributed by atoms with E-state index < -0.39 is 26.7 Å². The Kier molecular flexibility index (Phi) is 6.98. The number of sulfone groups is 1. The summed E-state index contributed by atoms with van der Waals surface area (Å²) in [4.78, 5) is 10.1. The molecule has 2 N–H and O–H groups in total. The number of halogens is 2. The molecule has 1 amide bonds. The molecule has 0 radical (unpaired) electrons. The van der Waals surface area contributed by atoms with Crippen LogP contribution < -0.4 is 5.32 Å². The fraction of sp³-hybridized carbons (Fsp3) is 0.529. The van der Waals surface area contributed by atoms with Gasteiger partial charge in [-0.3, -0.25) is 0 Å². The van der Waals surface area contributed by atoms with Crippen molar-refractivity contribution < 1.29 is 23.1 Å². The molecule has 2 saturated carbocycles. The molecular weight excluding hydrogens is 415 g/mol. The van der Waals surface area contributed by atoms with Gasteiger partial charge in [-0.2, -0.15) is 5.26 Å². The Morgan fingerprint density at radius 1 is 1.37 bits per heavy atom. The van der Waals surface area contributed by atoms with Gasteiger partial charge in [-0.25, -0.2) is 13.2 Å². The van der Waals surface area contributed by atoms with Crippen LogP contribution in [0.4, 0.5) is 4.79 Å². The molecule has 0 aliphatic heterocycles. The summed E-state index contributed by atoms with van der Waals surface area (Å²) in [5.74, 6) is 0. The first-order chi connectivity index (χ1) is 12.6. The molecular formula is C17H20Cl2N2O5S. The third kappa shape index (κ3) is 5.48. The van der Waals surface area contributed by atoms with E-state index >= 15 is 0 Å². The number of benzene rings is 1. The molecule has 0 heterocycles. The molecule has 2 aliphatic carbocycles. The van der Waals surface area contributed by atoms with Gasteiger partial charge >= 0.3 is 6.09 Å². The molecule has 1 aromatic rings. The van der Waals surface area contributed by atoms with Crippen LogP contribution in [0.1, 0.15) is 32.1 Å². The normalized spacial score (nSPS) is 22.9. The smallest absolute Gasteiger partial charge is 0.405 e. The lowest BCUT2D eigenvalue weighted by Crippen LogP contribution is -2.33. The summed E-state index contributed by atoms with van der Waals surface area (Å²) in [5, 5.41) is 18.8. The molecule has 0 aromatic heterocycles. The van der Waals surface area contributed by atoms with Crippen LogP contribution >= 0.6 is 23.2 Å². The van der Waals surface area contributed by atoms with Crippen molar-refractivity contribution in [3.05, 3.63) is 28.2 Å². The van der Waals surface area contributed by atoms with Crippen LogP contribution in [0.2, 0.25) is 10.0 Å². The van der Waals surface area contributed by atoms with Gasteiger partial charge in [0.05, 0.1) is 27.3 Å². The lowest BCUT2D eigenvalue weighted by atomic mass is 10.3. The summed E-state index contributed by atoms with van der Waals surface area (Å²) in [7, 11) is -1.79. The number of ether oxygens (including phenoxy) is 1. The van der Waals surface area contributed by atoms with Crippen molar-refractivity contribution in [2.45, 2.75) is 53.9 Å². The highest BCUT2D eigenvalue weighted by molar-refractivity contribution is 7.92. The number of nitrogens with one attached hydrogen (secondary N) is 1. The van der Waals surface area contributed by atoms with Crippen molar-refractivity contribution in [2.24, 2.45) is 0 Å². The van der Waals surface area contributed by atoms with E-state index in [1.807, 2.05) is 6.07 Å². The minimum absolute atomic E-state index is 0.0239. The molecule has 2 fully saturated rings. The quantitative estimate of drug-likeness (QED) is 0.746. The number of hydrogen-bond donors (Lipinski definition) is 2. The van der Waals surface area contributed by atoms with Crippen LogP contribution in [-0.4, -0.2) is 43.6 Å². The third-order valence-electron chi connectivity index (χ3n) is 4.62. The second kappa shape index (κ2) is 8.65. The number of methoxy groups -OCH3 is 1. The monoisotopic (exact) mass is 434 g/mol. The Labute approximate surface area is 168 Å². The molecule has 0 spiro atoms. The molecule has 0 saturated heterocycles. The Hall–Kier alpha value is -1.53. The maximum atomic E-state index is 12.4. The number of hydrogen-bond acceptors (Lipinski definition) is 5. The number of amides is 1. The Morgan fingerprint density at radius 2 is 2.04 bits per heavy atom. The molecule has 0 unspecified atom stereocenters. The van der Waals surface area contributed by atoms with Gasteiger partial charge in [0, 0.05) is 12.1 Å². The molecule has 2 atom stereocenters. The van der Waals surface area contributed by atoms with E-state index in [1.165, 1.54) is 12.1 Å². The minimum atomic E-state index is -3.40. The van der Waals surface area contributed by atoms with Crippen molar-refractivity contribution in [1.82, 2.24) is 5.32 Å². The summed E-state index contributed by atoms with van der Waals surface area (Å²) in [6.45, 7) is 0. The summed E-state index contributed by atoms with van der Waals surface area (Å²) in [6, 6.07) is 6.37. The molecule has 10 heteroatoms. The molecule has 7 nitrogen and oxygen atoms in total. The zero-order valence-electron chi connectivity index (χ0n) is 14.6. The first kappa shape index (κ1) is 21.8. The molecule has 148 valence electrons. The maximum absolute atomic E-state index is 12.4. The van der Waals surface area contributed by atoms with Crippen LogP contribution in [0.25, 0.3) is 0 Å². The zero-order chi connectivity index (χ0) is 20.2. The average molecular weight is 435 g/mol. The average Bonchev–Trinajstić information content (AvgIpc) is 3.18. The van der Waals surface area contributed by atoms with Crippen LogP contribution in [0.5, 0.6) is 0 Å². The Bertz CT molecular complexity index is 849. The topological polar surface area (TPSA) is 116 Å². The number of carbonyl (C=O) groups is 1. The zero-order valence-corrected chi connectivity index (χ0v) is 16.9. The van der Waals surface area contributed by atoms with Crippen molar-refractivity contribution in [1.29, 1.82) is 5.26 Å². The van der Waals surface area contributed by atoms with E-state index in [4.69, 9.17) is 38.3 Å². The fourth-order valence-electron chi connectivity index (χ4n) is 2.88. The van der Waals surface area contributed by atoms with Gasteiger partial charge in [0.1, 0.15) is 5.54 Å². The minimum Gasteiger partial charge on any atom is -0.465 e. The number of rotatable bonds is 4. The van der Waals surface area contributed by atoms with Crippen LogP contribution in [0, 0.1) is 11.3 Å². The van der Waals surface area contributed by atoms with Crippen molar-refractivity contribution in [3.63, 3.8) is 0 Å². The number of carboxylic acid groups (broad SMARTS) is 1. The predicted molar refractivity (Wildman–Crippen MR) is 101 cm³/mol. The highest BCUT2D eigenvalue weighted by Gasteiger charge is 2.44. The van der Waals surface area contributed by atoms with Gasteiger partial charge in [0.15, 0.2) is 9.84 Å². The molecule has 0 bridgehead atoms. The SMILES string of the molecule is CO[C@H]1CC[C@H](S(=O)(=O)c2ccc(Cl)cc2Cl)C1.N#CC1(NC(=O)O)CC1. The van der Waals surface area contributed by atoms with Crippen molar-refractivity contribution >= 4 is 39.1 Å². The molecule has 27 heavy (non-hydrogen) atoms. The Balaban J connectivity index is 0.000000244. The van der Waals surface area contributed by atoms with Crippen molar-refractivity contribution in [3.8, 4) is 6.07 Å². The lowest BCUT2D eigenvalue weighted by Gasteiger charge is -2.13. The van der Waals surface area contributed by atoms with Gasteiger partial charge in [-0.05, 0) is 50.3 Å². The second-order valence-electron chi connectivity index (χ2n) is 6.54. The van der Waals surface area contributed by atoms with E-state index in [-0.39, 0.29) is 16.0 Å². The molecule has 1 aromatic carbocycles. The van der Waals surface area contributed by atoms with Crippen LogP contribution in [-0.2, 0) is 14.6 Å². The van der Waals surface area contributed by atoms with E-state index in [0.717, 1.165) is 6.42 Å². The second-order valence-corrected chi connectivity index (χ2v) is 9.58. The lowest BCUT2D eigenvalue weighted by molar-refractivity contribution is 0.109. The summed E-state index contributed by atoms with van der Waals surface area (Å²) in [6.07, 6.45) is 2.11. The van der Waals surface area contributed by atoms with Gasteiger partial charge in [-0.15, -0.1) is 0 Å². The van der Waals surface area contributed by atoms with E-state index in [9.17, 15) is 13.2 Å². The van der Waals surface area contributed by atoms with Crippen LogP contribution in [0.15, 0.2) is 23.1 Å². The van der Waals surface area contributed by atoms with Gasteiger partial charge in [0.2, 0.25) is 0 Å².